The molecule has 1 atom stereocenters. The highest BCUT2D eigenvalue weighted by atomic mass is 35.5. The number of rotatable bonds is 6. The molecule has 0 aliphatic carbocycles. The monoisotopic (exact) mass is 578 g/mol. The Morgan fingerprint density at radius 2 is 1.90 bits per heavy atom. The number of hydrogen-bond acceptors (Lipinski definition) is 10. The second-order valence-corrected chi connectivity index (χ2v) is 11.1. The molecule has 1 unspecified atom stereocenters. The lowest BCUT2D eigenvalue weighted by Gasteiger charge is -2.22. The van der Waals surface area contributed by atoms with Crippen molar-refractivity contribution in [2.45, 2.75) is 16.1 Å². The molecule has 2 aromatic carbocycles. The van der Waals surface area contributed by atoms with Gasteiger partial charge in [-0.05, 0) is 41.5 Å². The van der Waals surface area contributed by atoms with Crippen molar-refractivity contribution in [3.63, 3.8) is 0 Å². The van der Waals surface area contributed by atoms with E-state index in [1.54, 1.807) is 42.7 Å². The van der Waals surface area contributed by atoms with Crippen molar-refractivity contribution in [1.82, 2.24) is 15.2 Å². The molecule has 2 aliphatic rings. The molecule has 2 aliphatic heterocycles. The molecule has 0 saturated carbocycles. The highest BCUT2D eigenvalue weighted by molar-refractivity contribution is 8.00. The Kier molecular flexibility index (Phi) is 6.94. The number of benzene rings is 2. The quantitative estimate of drug-likeness (QED) is 0.107. The van der Waals surface area contributed by atoms with Crippen molar-refractivity contribution in [3.05, 3.63) is 94.3 Å². The molecule has 9 nitrogen and oxygen atoms in total. The number of halogens is 1. The first kappa shape index (κ1) is 25.4. The van der Waals surface area contributed by atoms with Crippen LogP contribution in [0.3, 0.4) is 0 Å². The van der Waals surface area contributed by atoms with Crippen molar-refractivity contribution < 1.29 is 24.2 Å². The molecule has 4 heterocycles. The van der Waals surface area contributed by atoms with Crippen LogP contribution < -0.4 is 14.4 Å². The van der Waals surface area contributed by atoms with Gasteiger partial charge in [-0.2, -0.15) is 0 Å². The molecule has 1 saturated heterocycles. The number of aromatic nitrogens is 3. The summed E-state index contributed by atoms with van der Waals surface area (Å²) in [6, 6.07) is 14.9. The molecule has 0 bridgehead atoms. The Bertz CT molecular complexity index is 1610. The summed E-state index contributed by atoms with van der Waals surface area (Å²) in [5, 5.41) is 20.7. The van der Waals surface area contributed by atoms with Crippen molar-refractivity contribution in [3.8, 4) is 11.5 Å². The molecule has 4 aromatic rings. The topological polar surface area (TPSA) is 115 Å². The van der Waals surface area contributed by atoms with Gasteiger partial charge in [-0.25, -0.2) is 0 Å². The number of aliphatic hydroxyl groups is 1. The van der Waals surface area contributed by atoms with Crippen LogP contribution in [0, 0.1) is 0 Å². The van der Waals surface area contributed by atoms with Crippen LogP contribution in [0.5, 0.6) is 11.5 Å². The molecule has 1 amide bonds. The van der Waals surface area contributed by atoms with Gasteiger partial charge in [0.15, 0.2) is 15.8 Å². The van der Waals surface area contributed by atoms with Crippen LogP contribution in [0.1, 0.15) is 22.7 Å². The fourth-order valence-electron chi connectivity index (χ4n) is 4.34. The second kappa shape index (κ2) is 10.7. The minimum atomic E-state index is -0.957. The first-order valence-corrected chi connectivity index (χ1v) is 14.0. The van der Waals surface area contributed by atoms with Crippen molar-refractivity contribution >= 4 is 57.3 Å². The van der Waals surface area contributed by atoms with E-state index in [-0.39, 0.29) is 16.5 Å². The third kappa shape index (κ3) is 4.84. The number of ketones is 1. The SMILES string of the molecule is O=C1C(=O)N(c2nnc(SCc3ccccc3Cl)s2)C(c2cccnc2)/C1=C(\O)c1ccc2c(c1)OCCO2. The van der Waals surface area contributed by atoms with Gasteiger partial charge in [0.05, 0.1) is 11.6 Å². The summed E-state index contributed by atoms with van der Waals surface area (Å²) in [4.78, 5) is 32.2. The largest absolute Gasteiger partial charge is 0.507 e. The summed E-state index contributed by atoms with van der Waals surface area (Å²) in [6.07, 6.45) is 3.14. The van der Waals surface area contributed by atoms with E-state index in [2.05, 4.69) is 15.2 Å². The number of carbonyl (C=O) groups excluding carboxylic acids is 2. The minimum Gasteiger partial charge on any atom is -0.507 e. The number of nitrogens with zero attached hydrogens (tertiary/aromatic N) is 4. The molecular formula is C27H19ClN4O5S2. The average Bonchev–Trinajstić information content (AvgIpc) is 3.54. The Morgan fingerprint density at radius 1 is 1.08 bits per heavy atom. The molecule has 6 rings (SSSR count). The normalized spacial score (nSPS) is 18.0. The highest BCUT2D eigenvalue weighted by Crippen LogP contribution is 2.44. The number of carbonyl (C=O) groups is 2. The Labute approximate surface area is 236 Å². The van der Waals surface area contributed by atoms with Crippen LogP contribution in [0.15, 0.2) is 76.9 Å². The summed E-state index contributed by atoms with van der Waals surface area (Å²) in [6.45, 7) is 0.788. The van der Waals surface area contributed by atoms with Crippen LogP contribution in [0.4, 0.5) is 5.13 Å². The minimum absolute atomic E-state index is 0.0786. The van der Waals surface area contributed by atoms with E-state index < -0.39 is 17.7 Å². The smallest absolute Gasteiger partial charge is 0.301 e. The fourth-order valence-corrected chi connectivity index (χ4v) is 6.50. The number of Topliss-reactive ketones (excluding diaryl/α,β-unsaturated/α-hetero) is 1. The molecule has 196 valence electrons. The zero-order chi connectivity index (χ0) is 26.9. The Morgan fingerprint density at radius 3 is 2.69 bits per heavy atom. The average molecular weight is 579 g/mol. The van der Waals surface area contributed by atoms with E-state index >= 15 is 0 Å². The van der Waals surface area contributed by atoms with Crippen LogP contribution in [0.2, 0.25) is 5.02 Å². The number of hydrogen-bond donors (Lipinski definition) is 1. The van der Waals surface area contributed by atoms with Gasteiger partial charge in [0, 0.05) is 28.7 Å². The van der Waals surface area contributed by atoms with Gasteiger partial charge >= 0.3 is 5.91 Å². The number of pyridine rings is 1. The maximum Gasteiger partial charge on any atom is 0.301 e. The number of anilines is 1. The molecule has 0 spiro atoms. The third-order valence-corrected chi connectivity index (χ3v) is 8.64. The van der Waals surface area contributed by atoms with Crippen LogP contribution in [0.25, 0.3) is 5.76 Å². The number of aliphatic hydroxyl groups excluding tert-OH is 1. The Hall–Kier alpha value is -3.93. The molecule has 2 aromatic heterocycles. The fraction of sp³-hybridized carbons (Fsp3) is 0.148. The van der Waals surface area contributed by atoms with Gasteiger partial charge in [-0.1, -0.05) is 59.0 Å². The van der Waals surface area contributed by atoms with Crippen LogP contribution in [-0.2, 0) is 15.3 Å². The van der Waals surface area contributed by atoms with E-state index in [0.29, 0.717) is 51.0 Å². The molecule has 1 fully saturated rings. The predicted octanol–water partition coefficient (Wildman–Crippen LogP) is 5.28. The number of thioether (sulfide) groups is 1. The van der Waals surface area contributed by atoms with Gasteiger partial charge in [0.25, 0.3) is 5.78 Å². The van der Waals surface area contributed by atoms with Crippen molar-refractivity contribution in [2.75, 3.05) is 18.1 Å². The summed E-state index contributed by atoms with van der Waals surface area (Å²) in [5.41, 5.74) is 1.72. The van der Waals surface area contributed by atoms with Gasteiger partial charge in [-0.15, -0.1) is 10.2 Å². The summed E-state index contributed by atoms with van der Waals surface area (Å²) < 4.78 is 11.8. The second-order valence-electron chi connectivity index (χ2n) is 8.54. The van der Waals surface area contributed by atoms with Crippen molar-refractivity contribution in [1.29, 1.82) is 0 Å². The van der Waals surface area contributed by atoms with Crippen LogP contribution >= 0.6 is 34.7 Å². The van der Waals surface area contributed by atoms with Gasteiger partial charge in [0.1, 0.15) is 19.0 Å². The zero-order valence-electron chi connectivity index (χ0n) is 20.1. The third-order valence-electron chi connectivity index (χ3n) is 6.17. The van der Waals surface area contributed by atoms with E-state index in [4.69, 9.17) is 21.1 Å². The first-order valence-electron chi connectivity index (χ1n) is 11.8. The van der Waals surface area contributed by atoms with E-state index in [1.807, 2.05) is 24.3 Å². The predicted molar refractivity (Wildman–Crippen MR) is 147 cm³/mol. The Balaban J connectivity index is 1.38. The number of amides is 1. The van der Waals surface area contributed by atoms with Gasteiger partial charge < -0.3 is 14.6 Å². The lowest BCUT2D eigenvalue weighted by atomic mass is 9.96. The van der Waals surface area contributed by atoms with E-state index in [1.165, 1.54) is 28.0 Å². The van der Waals surface area contributed by atoms with Crippen molar-refractivity contribution in [2.24, 2.45) is 0 Å². The summed E-state index contributed by atoms with van der Waals surface area (Å²) >= 11 is 8.87. The number of ether oxygens (including phenoxy) is 2. The lowest BCUT2D eigenvalue weighted by Crippen LogP contribution is -2.29. The molecule has 0 radical (unpaired) electrons. The standard InChI is InChI=1S/C27H19ClN4O5S2/c28-18-6-2-1-4-17(18)14-38-27-31-30-26(39-27)32-22(16-5-3-9-29-13-16)21(24(34)25(32)35)23(33)15-7-8-19-20(12-15)37-11-10-36-19/h1-9,12-13,22,33H,10-11,14H2/b23-21+. The molecule has 1 N–H and O–H groups in total. The van der Waals surface area contributed by atoms with E-state index in [0.717, 1.165) is 5.56 Å². The summed E-state index contributed by atoms with van der Waals surface area (Å²) in [7, 11) is 0. The first-order chi connectivity index (χ1) is 19.0. The maximum absolute atomic E-state index is 13.4. The zero-order valence-corrected chi connectivity index (χ0v) is 22.5. The maximum atomic E-state index is 13.4. The number of fused-ring (bicyclic) bond motifs is 1. The van der Waals surface area contributed by atoms with E-state index in [9.17, 15) is 14.7 Å². The molecular weight excluding hydrogens is 560 g/mol. The van der Waals surface area contributed by atoms with Gasteiger partial charge in [-0.3, -0.25) is 19.5 Å². The molecule has 39 heavy (non-hydrogen) atoms. The summed E-state index contributed by atoms with van der Waals surface area (Å²) in [5.74, 6) is -0.444. The van der Waals surface area contributed by atoms with Gasteiger partial charge in [0.2, 0.25) is 5.13 Å². The molecule has 12 heteroatoms. The van der Waals surface area contributed by atoms with Crippen LogP contribution in [-0.4, -0.2) is 45.2 Å². The highest BCUT2D eigenvalue weighted by Gasteiger charge is 2.48. The lowest BCUT2D eigenvalue weighted by molar-refractivity contribution is -0.132.